The number of thiazole rings is 2. The molecule has 4 rings (SSSR count). The van der Waals surface area contributed by atoms with Gasteiger partial charge in [-0.25, -0.2) is 9.97 Å². The lowest BCUT2D eigenvalue weighted by Gasteiger charge is -2.34. The Morgan fingerprint density at radius 2 is 2.07 bits per heavy atom. The number of anilines is 1. The summed E-state index contributed by atoms with van der Waals surface area (Å²) in [5.41, 5.74) is 1.92. The van der Waals surface area contributed by atoms with E-state index in [2.05, 4.69) is 34.0 Å². The molecule has 2 aromatic heterocycles. The van der Waals surface area contributed by atoms with Gasteiger partial charge in [0.2, 0.25) is 0 Å². The van der Waals surface area contributed by atoms with Crippen molar-refractivity contribution in [1.82, 2.24) is 14.9 Å². The van der Waals surface area contributed by atoms with Crippen molar-refractivity contribution in [2.24, 2.45) is 0 Å². The molecule has 0 spiro atoms. The Morgan fingerprint density at radius 1 is 1.28 bits per heavy atom. The minimum absolute atomic E-state index is 0.0245. The van der Waals surface area contributed by atoms with Crippen LogP contribution in [0.25, 0.3) is 10.2 Å². The van der Waals surface area contributed by atoms with E-state index in [4.69, 9.17) is 9.47 Å². The van der Waals surface area contributed by atoms with Crippen molar-refractivity contribution in [3.63, 3.8) is 0 Å². The first-order valence-electron chi connectivity index (χ1n) is 9.59. The molecule has 7 nitrogen and oxygen atoms in total. The van der Waals surface area contributed by atoms with Gasteiger partial charge >= 0.3 is 0 Å². The maximum atomic E-state index is 12.1. The van der Waals surface area contributed by atoms with Crippen LogP contribution in [0.2, 0.25) is 0 Å². The highest BCUT2D eigenvalue weighted by Gasteiger charge is 2.22. The normalized spacial score (nSPS) is 20.2. The van der Waals surface area contributed by atoms with E-state index in [1.165, 1.54) is 11.3 Å². The van der Waals surface area contributed by atoms with E-state index < -0.39 is 0 Å². The van der Waals surface area contributed by atoms with E-state index in [0.717, 1.165) is 40.6 Å². The largest absolute Gasteiger partial charge is 0.373 e. The molecule has 0 bridgehead atoms. The number of nitrogens with one attached hydrogen (secondary N) is 1. The number of hydrogen-bond acceptors (Lipinski definition) is 8. The first kappa shape index (κ1) is 20.4. The van der Waals surface area contributed by atoms with Crippen LogP contribution in [0.3, 0.4) is 0 Å². The van der Waals surface area contributed by atoms with Crippen LogP contribution in [0.4, 0.5) is 5.13 Å². The monoisotopic (exact) mass is 432 g/mol. The molecule has 1 N–H and O–H groups in total. The number of carbonyl (C=O) groups excluding carboxylic acids is 1. The molecule has 1 aliphatic heterocycles. The van der Waals surface area contributed by atoms with E-state index >= 15 is 0 Å². The van der Waals surface area contributed by atoms with E-state index in [1.54, 1.807) is 11.3 Å². The fourth-order valence-electron chi connectivity index (χ4n) is 3.45. The SMILES string of the molecule is CC1CN(Cc2csc(NC(=O)COCc3nc4ccccc4s3)n2)CC(C)O1. The quantitative estimate of drug-likeness (QED) is 0.616. The summed E-state index contributed by atoms with van der Waals surface area (Å²) < 4.78 is 12.4. The third-order valence-electron chi connectivity index (χ3n) is 4.48. The van der Waals surface area contributed by atoms with Gasteiger partial charge < -0.3 is 9.47 Å². The number of hydrogen-bond donors (Lipinski definition) is 1. The Balaban J connectivity index is 1.22. The Kier molecular flexibility index (Phi) is 6.51. The summed E-state index contributed by atoms with van der Waals surface area (Å²) in [5, 5.41) is 6.27. The Bertz CT molecular complexity index is 930. The molecule has 2 unspecified atom stereocenters. The molecule has 154 valence electrons. The molecule has 9 heteroatoms. The Hall–Kier alpha value is -1.91. The molecule has 1 saturated heterocycles. The second-order valence-corrected chi connectivity index (χ2v) is 9.19. The number of rotatable bonds is 7. The molecule has 1 aromatic carbocycles. The van der Waals surface area contributed by atoms with Crippen molar-refractivity contribution < 1.29 is 14.3 Å². The van der Waals surface area contributed by atoms with Gasteiger partial charge in [0.15, 0.2) is 5.13 Å². The minimum atomic E-state index is -0.208. The summed E-state index contributed by atoms with van der Waals surface area (Å²) in [6.07, 6.45) is 0.452. The van der Waals surface area contributed by atoms with E-state index in [-0.39, 0.29) is 24.7 Å². The van der Waals surface area contributed by atoms with Gasteiger partial charge in [-0.2, -0.15) is 0 Å². The molecule has 1 aliphatic rings. The topological polar surface area (TPSA) is 76.6 Å². The molecule has 1 fully saturated rings. The van der Waals surface area contributed by atoms with Crippen LogP contribution in [0.15, 0.2) is 29.6 Å². The van der Waals surface area contributed by atoms with Gasteiger partial charge in [0.1, 0.15) is 11.6 Å². The van der Waals surface area contributed by atoms with Crippen LogP contribution in [-0.4, -0.2) is 52.7 Å². The molecule has 3 aromatic rings. The van der Waals surface area contributed by atoms with Crippen LogP contribution in [0.1, 0.15) is 24.5 Å². The lowest BCUT2D eigenvalue weighted by molar-refractivity contribution is -0.121. The molecule has 3 heterocycles. The average molecular weight is 433 g/mol. The second-order valence-electron chi connectivity index (χ2n) is 7.21. The van der Waals surface area contributed by atoms with Crippen molar-refractivity contribution in [2.75, 3.05) is 25.0 Å². The average Bonchev–Trinajstić information content (AvgIpc) is 3.27. The number of para-hydroxylation sites is 1. The summed E-state index contributed by atoms with van der Waals surface area (Å²) in [6, 6.07) is 7.95. The van der Waals surface area contributed by atoms with Crippen molar-refractivity contribution in [3.8, 4) is 0 Å². The van der Waals surface area contributed by atoms with Crippen LogP contribution < -0.4 is 5.32 Å². The maximum Gasteiger partial charge on any atom is 0.252 e. The summed E-state index contributed by atoms with van der Waals surface area (Å²) >= 11 is 3.02. The number of fused-ring (bicyclic) bond motifs is 1. The van der Waals surface area contributed by atoms with Crippen molar-refractivity contribution >= 4 is 43.9 Å². The van der Waals surface area contributed by atoms with E-state index in [9.17, 15) is 4.79 Å². The number of ether oxygens (including phenoxy) is 2. The van der Waals surface area contributed by atoms with Gasteiger partial charge in [0.25, 0.3) is 5.91 Å². The number of morpholine rings is 1. The van der Waals surface area contributed by atoms with Crippen molar-refractivity contribution in [2.45, 2.75) is 39.2 Å². The number of benzene rings is 1. The standard InChI is InChI=1S/C20H24N4O3S2/c1-13-7-24(8-14(2)27-13)9-15-12-28-20(21-15)23-18(25)10-26-11-19-22-16-5-3-4-6-17(16)29-19/h3-6,12-14H,7-11H2,1-2H3,(H,21,23,25). The fraction of sp³-hybridized carbons (Fsp3) is 0.450. The number of carbonyl (C=O) groups is 1. The third-order valence-corrected chi connectivity index (χ3v) is 6.29. The van der Waals surface area contributed by atoms with Gasteiger partial charge in [-0.15, -0.1) is 22.7 Å². The Morgan fingerprint density at radius 3 is 2.86 bits per heavy atom. The molecular weight excluding hydrogens is 408 g/mol. The molecule has 0 saturated carbocycles. The minimum Gasteiger partial charge on any atom is -0.373 e. The van der Waals surface area contributed by atoms with E-state index in [1.807, 2.05) is 29.6 Å². The van der Waals surface area contributed by atoms with Gasteiger partial charge in [-0.05, 0) is 26.0 Å². The summed E-state index contributed by atoms with van der Waals surface area (Å²) in [5.74, 6) is -0.208. The van der Waals surface area contributed by atoms with Crippen molar-refractivity contribution in [1.29, 1.82) is 0 Å². The van der Waals surface area contributed by atoms with Crippen LogP contribution in [-0.2, 0) is 27.4 Å². The van der Waals surface area contributed by atoms with Gasteiger partial charge in [0.05, 0.1) is 34.7 Å². The molecule has 1 amide bonds. The molecular formula is C20H24N4O3S2. The second kappa shape index (κ2) is 9.27. The van der Waals surface area contributed by atoms with Gasteiger partial charge in [0, 0.05) is 25.0 Å². The van der Waals surface area contributed by atoms with Crippen molar-refractivity contribution in [3.05, 3.63) is 40.3 Å². The number of aromatic nitrogens is 2. The number of nitrogens with zero attached hydrogens (tertiary/aromatic N) is 3. The van der Waals surface area contributed by atoms with Crippen LogP contribution in [0.5, 0.6) is 0 Å². The predicted octanol–water partition coefficient (Wildman–Crippen LogP) is 3.52. The zero-order valence-electron chi connectivity index (χ0n) is 16.5. The zero-order valence-corrected chi connectivity index (χ0v) is 18.1. The summed E-state index contributed by atoms with van der Waals surface area (Å²) in [7, 11) is 0. The first-order chi connectivity index (χ1) is 14.0. The summed E-state index contributed by atoms with van der Waals surface area (Å²) in [4.78, 5) is 23.5. The molecule has 0 aliphatic carbocycles. The Labute approximate surface area is 177 Å². The first-order valence-corrected chi connectivity index (χ1v) is 11.3. The predicted molar refractivity (Wildman–Crippen MR) is 115 cm³/mol. The third kappa shape index (κ3) is 5.58. The smallest absolute Gasteiger partial charge is 0.252 e. The molecule has 29 heavy (non-hydrogen) atoms. The van der Waals surface area contributed by atoms with Crippen LogP contribution in [0, 0.1) is 0 Å². The molecule has 2 atom stereocenters. The lowest BCUT2D eigenvalue weighted by Crippen LogP contribution is -2.44. The number of amides is 1. The van der Waals surface area contributed by atoms with Crippen LogP contribution >= 0.6 is 22.7 Å². The highest BCUT2D eigenvalue weighted by molar-refractivity contribution is 7.18. The fourth-order valence-corrected chi connectivity index (χ4v) is 5.07. The summed E-state index contributed by atoms with van der Waals surface area (Å²) in [6.45, 7) is 7.02. The van der Waals surface area contributed by atoms with E-state index in [0.29, 0.717) is 11.7 Å². The van der Waals surface area contributed by atoms with Gasteiger partial charge in [-0.3, -0.25) is 15.0 Å². The van der Waals surface area contributed by atoms with Gasteiger partial charge in [-0.1, -0.05) is 12.1 Å². The lowest BCUT2D eigenvalue weighted by atomic mass is 10.2. The highest BCUT2D eigenvalue weighted by Crippen LogP contribution is 2.22. The highest BCUT2D eigenvalue weighted by atomic mass is 32.1. The molecule has 0 radical (unpaired) electrons. The zero-order chi connectivity index (χ0) is 20.2. The maximum absolute atomic E-state index is 12.1.